The van der Waals surface area contributed by atoms with Gasteiger partial charge in [0.15, 0.2) is 0 Å². The first-order valence-corrected chi connectivity index (χ1v) is 7.01. The molecular formula is C15H20N4S. The predicted octanol–water partition coefficient (Wildman–Crippen LogP) is 1.67. The van der Waals surface area contributed by atoms with E-state index >= 15 is 0 Å². The summed E-state index contributed by atoms with van der Waals surface area (Å²) in [6.07, 6.45) is 4.77. The molecule has 0 spiro atoms. The molecule has 1 aromatic heterocycles. The van der Waals surface area contributed by atoms with Gasteiger partial charge in [0.05, 0.1) is 0 Å². The topological polar surface area (TPSA) is 47.1 Å². The van der Waals surface area contributed by atoms with Gasteiger partial charge in [-0.25, -0.2) is 4.98 Å². The van der Waals surface area contributed by atoms with Gasteiger partial charge in [0.1, 0.15) is 10.8 Å². The quantitative estimate of drug-likeness (QED) is 0.822. The Morgan fingerprint density at radius 2 is 2.10 bits per heavy atom. The van der Waals surface area contributed by atoms with Crippen molar-refractivity contribution in [1.29, 1.82) is 0 Å². The molecule has 0 unspecified atom stereocenters. The Labute approximate surface area is 125 Å². The molecule has 1 aromatic carbocycles. The number of benzene rings is 1. The van der Waals surface area contributed by atoms with Crippen LogP contribution < -0.4 is 5.73 Å². The Balaban J connectivity index is 2.19. The van der Waals surface area contributed by atoms with Crippen LogP contribution >= 0.6 is 12.2 Å². The van der Waals surface area contributed by atoms with Gasteiger partial charge in [0.2, 0.25) is 0 Å². The SMILES string of the molecule is CN(C)CCc1nccn1Cc1ccccc1C(N)=S. The van der Waals surface area contributed by atoms with Gasteiger partial charge < -0.3 is 15.2 Å². The van der Waals surface area contributed by atoms with Crippen LogP contribution in [0.4, 0.5) is 0 Å². The molecule has 0 saturated heterocycles. The van der Waals surface area contributed by atoms with Crippen molar-refractivity contribution in [2.45, 2.75) is 13.0 Å². The monoisotopic (exact) mass is 288 g/mol. The molecule has 5 heteroatoms. The summed E-state index contributed by atoms with van der Waals surface area (Å²) < 4.78 is 2.15. The van der Waals surface area contributed by atoms with E-state index in [-0.39, 0.29) is 0 Å². The maximum atomic E-state index is 5.78. The zero-order valence-corrected chi connectivity index (χ0v) is 12.7. The average molecular weight is 288 g/mol. The smallest absolute Gasteiger partial charge is 0.110 e. The van der Waals surface area contributed by atoms with Crippen LogP contribution in [-0.4, -0.2) is 40.1 Å². The molecule has 0 fully saturated rings. The number of aromatic nitrogens is 2. The van der Waals surface area contributed by atoms with E-state index in [0.717, 1.165) is 36.5 Å². The molecule has 1 heterocycles. The van der Waals surface area contributed by atoms with E-state index in [4.69, 9.17) is 18.0 Å². The maximum absolute atomic E-state index is 5.78. The van der Waals surface area contributed by atoms with E-state index in [9.17, 15) is 0 Å². The molecule has 2 N–H and O–H groups in total. The van der Waals surface area contributed by atoms with Crippen LogP contribution in [0.1, 0.15) is 17.0 Å². The van der Waals surface area contributed by atoms with Gasteiger partial charge in [-0.15, -0.1) is 0 Å². The highest BCUT2D eigenvalue weighted by molar-refractivity contribution is 7.80. The fourth-order valence-corrected chi connectivity index (χ4v) is 2.32. The summed E-state index contributed by atoms with van der Waals surface area (Å²) in [5.74, 6) is 1.08. The number of nitrogens with two attached hydrogens (primary N) is 1. The van der Waals surface area contributed by atoms with Crippen LogP contribution in [0.5, 0.6) is 0 Å². The first-order chi connectivity index (χ1) is 9.58. The second-order valence-electron chi connectivity index (χ2n) is 5.05. The van der Waals surface area contributed by atoms with E-state index in [2.05, 4.69) is 34.6 Å². The summed E-state index contributed by atoms with van der Waals surface area (Å²) in [5, 5.41) is 0. The van der Waals surface area contributed by atoms with E-state index in [1.54, 1.807) is 0 Å². The van der Waals surface area contributed by atoms with E-state index in [1.807, 2.05) is 30.6 Å². The minimum Gasteiger partial charge on any atom is -0.389 e. The number of hydrogen-bond donors (Lipinski definition) is 1. The second-order valence-corrected chi connectivity index (χ2v) is 5.49. The summed E-state index contributed by atoms with van der Waals surface area (Å²) in [6.45, 7) is 1.73. The molecule has 0 bridgehead atoms. The van der Waals surface area contributed by atoms with Crippen LogP contribution in [0.3, 0.4) is 0 Å². The number of likely N-dealkylation sites (N-methyl/N-ethyl adjacent to an activating group) is 1. The number of imidazole rings is 1. The molecule has 4 nitrogen and oxygen atoms in total. The lowest BCUT2D eigenvalue weighted by Gasteiger charge is -2.13. The molecule has 0 radical (unpaired) electrons. The first-order valence-electron chi connectivity index (χ1n) is 6.60. The highest BCUT2D eigenvalue weighted by Crippen LogP contribution is 2.12. The summed E-state index contributed by atoms with van der Waals surface area (Å²) in [7, 11) is 4.13. The minimum absolute atomic E-state index is 0.440. The Bertz CT molecular complexity index is 589. The van der Waals surface area contributed by atoms with E-state index in [1.165, 1.54) is 0 Å². The number of hydrogen-bond acceptors (Lipinski definition) is 3. The predicted molar refractivity (Wildman–Crippen MR) is 85.9 cm³/mol. The lowest BCUT2D eigenvalue weighted by atomic mass is 10.1. The summed E-state index contributed by atoms with van der Waals surface area (Å²) in [4.78, 5) is 7.03. The standard InChI is InChI=1S/C15H20N4S/c1-18(2)9-7-14-17-8-10-19(14)11-12-5-3-4-6-13(12)15(16)20/h3-6,8,10H,7,9,11H2,1-2H3,(H2,16,20). The second kappa shape index (κ2) is 6.63. The van der Waals surface area contributed by atoms with Crippen molar-refractivity contribution in [2.24, 2.45) is 5.73 Å². The minimum atomic E-state index is 0.440. The highest BCUT2D eigenvalue weighted by atomic mass is 32.1. The third-order valence-corrected chi connectivity index (χ3v) is 3.43. The van der Waals surface area contributed by atoms with Crippen molar-refractivity contribution in [3.05, 3.63) is 53.6 Å². The Hall–Kier alpha value is -1.72. The van der Waals surface area contributed by atoms with Crippen LogP contribution in [0.15, 0.2) is 36.7 Å². The average Bonchev–Trinajstić information content (AvgIpc) is 2.84. The molecule has 106 valence electrons. The molecule has 0 aliphatic rings. The number of nitrogens with zero attached hydrogens (tertiary/aromatic N) is 3. The number of rotatable bonds is 6. The lowest BCUT2D eigenvalue weighted by Crippen LogP contribution is -2.18. The lowest BCUT2D eigenvalue weighted by molar-refractivity contribution is 0.406. The van der Waals surface area contributed by atoms with Crippen molar-refractivity contribution >= 4 is 17.2 Å². The van der Waals surface area contributed by atoms with Crippen molar-refractivity contribution in [3.8, 4) is 0 Å². The molecular weight excluding hydrogens is 268 g/mol. The summed E-state index contributed by atoms with van der Waals surface area (Å²) in [6, 6.07) is 7.99. The van der Waals surface area contributed by atoms with Crippen LogP contribution in [0.25, 0.3) is 0 Å². The Kier molecular flexibility index (Phi) is 4.87. The van der Waals surface area contributed by atoms with Crippen LogP contribution in [0.2, 0.25) is 0 Å². The Morgan fingerprint density at radius 3 is 2.80 bits per heavy atom. The molecule has 0 saturated carbocycles. The fraction of sp³-hybridized carbons (Fsp3) is 0.333. The van der Waals surface area contributed by atoms with Gasteiger partial charge in [-0.3, -0.25) is 0 Å². The van der Waals surface area contributed by atoms with Gasteiger partial charge in [-0.05, 0) is 19.7 Å². The molecule has 20 heavy (non-hydrogen) atoms. The van der Waals surface area contributed by atoms with Crippen molar-refractivity contribution in [1.82, 2.24) is 14.5 Å². The van der Waals surface area contributed by atoms with Gasteiger partial charge in [-0.1, -0.05) is 36.5 Å². The molecule has 0 aliphatic carbocycles. The largest absolute Gasteiger partial charge is 0.389 e. The fourth-order valence-electron chi connectivity index (χ4n) is 2.12. The zero-order chi connectivity index (χ0) is 14.5. The first kappa shape index (κ1) is 14.7. The molecule has 2 aromatic rings. The normalized spacial score (nSPS) is 10.9. The van der Waals surface area contributed by atoms with Gasteiger partial charge in [-0.2, -0.15) is 0 Å². The van der Waals surface area contributed by atoms with Gasteiger partial charge >= 0.3 is 0 Å². The van der Waals surface area contributed by atoms with Gasteiger partial charge in [0, 0.05) is 37.5 Å². The third-order valence-electron chi connectivity index (χ3n) is 3.21. The molecule has 2 rings (SSSR count). The van der Waals surface area contributed by atoms with Gasteiger partial charge in [0.25, 0.3) is 0 Å². The third kappa shape index (κ3) is 3.65. The van der Waals surface area contributed by atoms with Crippen LogP contribution in [0, 0.1) is 0 Å². The van der Waals surface area contributed by atoms with Crippen molar-refractivity contribution in [3.63, 3.8) is 0 Å². The number of thiocarbonyl (C=S) groups is 1. The van der Waals surface area contributed by atoms with E-state index in [0.29, 0.717) is 4.99 Å². The summed E-state index contributed by atoms with van der Waals surface area (Å²) >= 11 is 5.11. The highest BCUT2D eigenvalue weighted by Gasteiger charge is 2.08. The zero-order valence-electron chi connectivity index (χ0n) is 11.9. The maximum Gasteiger partial charge on any atom is 0.110 e. The van der Waals surface area contributed by atoms with Crippen LogP contribution in [-0.2, 0) is 13.0 Å². The molecule has 0 amide bonds. The summed E-state index contributed by atoms with van der Waals surface area (Å²) in [5.41, 5.74) is 7.85. The molecule has 0 atom stereocenters. The van der Waals surface area contributed by atoms with E-state index < -0.39 is 0 Å². The molecule has 0 aliphatic heterocycles. The van der Waals surface area contributed by atoms with Crippen molar-refractivity contribution in [2.75, 3.05) is 20.6 Å². The van der Waals surface area contributed by atoms with Crippen molar-refractivity contribution < 1.29 is 0 Å². The Morgan fingerprint density at radius 1 is 1.35 bits per heavy atom.